The van der Waals surface area contributed by atoms with Gasteiger partial charge in [-0.25, -0.2) is 18.0 Å². The summed E-state index contributed by atoms with van der Waals surface area (Å²) in [4.78, 5) is 25.3. The summed E-state index contributed by atoms with van der Waals surface area (Å²) in [5.41, 5.74) is 0.746. The highest BCUT2D eigenvalue weighted by Crippen LogP contribution is 2.40. The van der Waals surface area contributed by atoms with Crippen LogP contribution in [0.25, 0.3) is 0 Å². The van der Waals surface area contributed by atoms with Gasteiger partial charge in [-0.15, -0.1) is 0 Å². The standard InChI is InChI=1S/C26H33O8PS/c1-18-22(17-36(29,30)35(3)4)24(31-2)23(33-18)15-21(34-26(28)20-13-9-6-10-14-20)16-32-25(27)19-11-7-5-8-12-19/h5-14,18,21-24H,15-17H2,1-4H3/t18-,21-,22-,23+,24+/m0/s1. The van der Waals surface area contributed by atoms with Crippen LogP contribution in [0.15, 0.2) is 60.7 Å². The Balaban J connectivity index is 1.75. The molecule has 0 N–H and O–H groups in total. The lowest BCUT2D eigenvalue weighted by molar-refractivity contribution is -0.0501. The molecule has 8 nitrogen and oxygen atoms in total. The molecule has 5 atom stereocenters. The quantitative estimate of drug-likeness (QED) is 0.314. The van der Waals surface area contributed by atoms with Gasteiger partial charge in [0.15, 0.2) is 9.46 Å². The van der Waals surface area contributed by atoms with Gasteiger partial charge in [0.1, 0.15) is 12.7 Å². The van der Waals surface area contributed by atoms with Crippen LogP contribution in [0.1, 0.15) is 34.1 Å². The minimum Gasteiger partial charge on any atom is -0.458 e. The fraction of sp³-hybridized carbons (Fsp3) is 0.462. The largest absolute Gasteiger partial charge is 0.458 e. The van der Waals surface area contributed by atoms with Crippen LogP contribution in [0.3, 0.4) is 0 Å². The van der Waals surface area contributed by atoms with Crippen molar-refractivity contribution in [2.75, 3.05) is 32.8 Å². The van der Waals surface area contributed by atoms with E-state index >= 15 is 0 Å². The van der Waals surface area contributed by atoms with Crippen LogP contribution in [0.5, 0.6) is 0 Å². The van der Waals surface area contributed by atoms with Crippen molar-refractivity contribution < 1.29 is 37.0 Å². The molecule has 0 bridgehead atoms. The monoisotopic (exact) mass is 536 g/mol. The highest BCUT2D eigenvalue weighted by molar-refractivity contribution is 8.49. The molecule has 0 amide bonds. The lowest BCUT2D eigenvalue weighted by Gasteiger charge is -2.26. The number of benzene rings is 2. The molecule has 1 aliphatic heterocycles. The van der Waals surface area contributed by atoms with Crippen LogP contribution in [0, 0.1) is 5.92 Å². The average Bonchev–Trinajstić information content (AvgIpc) is 3.16. The van der Waals surface area contributed by atoms with E-state index in [-0.39, 0.29) is 30.8 Å². The molecule has 1 heterocycles. The predicted octanol–water partition coefficient (Wildman–Crippen LogP) is 3.95. The number of carbonyl (C=O) groups excluding carboxylic acids is 2. The van der Waals surface area contributed by atoms with Gasteiger partial charge in [0.2, 0.25) is 0 Å². The first-order valence-corrected chi connectivity index (χ1v) is 16.2. The van der Waals surface area contributed by atoms with E-state index in [2.05, 4.69) is 0 Å². The summed E-state index contributed by atoms with van der Waals surface area (Å²) >= 11 is 0. The van der Waals surface area contributed by atoms with E-state index in [1.54, 1.807) is 74.0 Å². The van der Waals surface area contributed by atoms with Crippen LogP contribution in [0.2, 0.25) is 0 Å². The van der Waals surface area contributed by atoms with Crippen LogP contribution in [0.4, 0.5) is 0 Å². The molecule has 0 saturated carbocycles. The Morgan fingerprint density at radius 3 is 2.06 bits per heavy atom. The topological polar surface area (TPSA) is 105 Å². The normalized spacial score (nSPS) is 22.8. The van der Waals surface area contributed by atoms with E-state index in [0.717, 1.165) is 0 Å². The first-order chi connectivity index (χ1) is 17.1. The third-order valence-electron chi connectivity index (χ3n) is 6.20. The van der Waals surface area contributed by atoms with Gasteiger partial charge in [0.25, 0.3) is 0 Å². The Hall–Kier alpha value is -2.32. The number of rotatable bonds is 11. The molecule has 196 valence electrons. The highest BCUT2D eigenvalue weighted by Gasteiger charge is 2.46. The summed E-state index contributed by atoms with van der Waals surface area (Å²) in [6, 6.07) is 17.0. The van der Waals surface area contributed by atoms with Crippen LogP contribution < -0.4 is 0 Å². The molecule has 1 saturated heterocycles. The van der Waals surface area contributed by atoms with Gasteiger partial charge < -0.3 is 18.9 Å². The first kappa shape index (κ1) is 28.3. The van der Waals surface area contributed by atoms with Crippen LogP contribution in [-0.2, 0) is 28.4 Å². The highest BCUT2D eigenvalue weighted by atomic mass is 32.8. The van der Waals surface area contributed by atoms with E-state index in [9.17, 15) is 18.0 Å². The third-order valence-corrected chi connectivity index (χ3v) is 11.9. The summed E-state index contributed by atoms with van der Waals surface area (Å²) in [5.74, 6) is -1.51. The van der Waals surface area contributed by atoms with Crippen molar-refractivity contribution in [2.45, 2.75) is 37.8 Å². The second-order valence-corrected chi connectivity index (χ2v) is 15.9. The summed E-state index contributed by atoms with van der Waals surface area (Å²) in [6.07, 6.45) is -2.10. The minimum atomic E-state index is -3.27. The van der Waals surface area contributed by atoms with Crippen LogP contribution in [-0.4, -0.2) is 77.6 Å². The summed E-state index contributed by atoms with van der Waals surface area (Å²) < 4.78 is 48.2. The van der Waals surface area contributed by atoms with Gasteiger partial charge in [0, 0.05) is 26.6 Å². The van der Waals surface area contributed by atoms with Crippen molar-refractivity contribution in [3.63, 3.8) is 0 Å². The van der Waals surface area contributed by atoms with Crippen molar-refractivity contribution in [1.29, 1.82) is 0 Å². The molecule has 10 heteroatoms. The zero-order chi connectivity index (χ0) is 26.3. The zero-order valence-electron chi connectivity index (χ0n) is 20.9. The molecule has 2 aromatic carbocycles. The van der Waals surface area contributed by atoms with Crippen molar-refractivity contribution in [3.05, 3.63) is 71.8 Å². The van der Waals surface area contributed by atoms with E-state index in [1.165, 1.54) is 7.11 Å². The second kappa shape index (κ2) is 12.8. The van der Waals surface area contributed by atoms with Gasteiger partial charge in [0.05, 0.1) is 35.2 Å². The third kappa shape index (κ3) is 7.35. The molecule has 0 spiro atoms. The van der Waals surface area contributed by atoms with Gasteiger partial charge in [-0.1, -0.05) is 36.4 Å². The molecule has 0 aliphatic carbocycles. The van der Waals surface area contributed by atoms with Crippen molar-refractivity contribution in [1.82, 2.24) is 0 Å². The number of hydrogen-bond acceptors (Lipinski definition) is 8. The van der Waals surface area contributed by atoms with Gasteiger partial charge in [-0.05, 0) is 44.5 Å². The molecule has 2 aromatic rings. The van der Waals surface area contributed by atoms with Crippen LogP contribution >= 0.6 is 7.12 Å². The molecule has 0 unspecified atom stereocenters. The Morgan fingerprint density at radius 1 is 0.972 bits per heavy atom. The zero-order valence-corrected chi connectivity index (χ0v) is 22.6. The fourth-order valence-electron chi connectivity index (χ4n) is 4.16. The summed E-state index contributed by atoms with van der Waals surface area (Å²) in [5, 5.41) is 0. The van der Waals surface area contributed by atoms with Gasteiger partial charge in [-0.3, -0.25) is 0 Å². The molecule has 36 heavy (non-hydrogen) atoms. The number of esters is 2. The average molecular weight is 537 g/mol. The molecule has 1 aliphatic rings. The number of methoxy groups -OCH3 is 1. The number of ether oxygens (including phenoxy) is 4. The molecular formula is C26H33O8PS. The summed E-state index contributed by atoms with van der Waals surface area (Å²) in [7, 11) is -2.93. The Kier molecular flexibility index (Phi) is 10.0. The van der Waals surface area contributed by atoms with E-state index in [4.69, 9.17) is 18.9 Å². The maximum absolute atomic E-state index is 12.8. The lowest BCUT2D eigenvalue weighted by atomic mass is 9.96. The second-order valence-electron chi connectivity index (χ2n) is 8.90. The van der Waals surface area contributed by atoms with Crippen molar-refractivity contribution in [3.8, 4) is 0 Å². The number of carbonyl (C=O) groups is 2. The summed E-state index contributed by atoms with van der Waals surface area (Å²) in [6.45, 7) is 5.06. The molecule has 1 fully saturated rings. The fourth-order valence-corrected chi connectivity index (χ4v) is 6.82. The Morgan fingerprint density at radius 2 is 1.53 bits per heavy atom. The molecular weight excluding hydrogens is 503 g/mol. The molecule has 0 radical (unpaired) electrons. The SMILES string of the molecule is CO[C@@H]1[C@@H](CS(=O)(=O)P(C)C)[C@H](C)O[C@@H]1C[C@@H](COC(=O)c1ccccc1)OC(=O)c1ccccc1. The minimum absolute atomic E-state index is 0.0423. The van der Waals surface area contributed by atoms with E-state index in [0.29, 0.717) is 11.1 Å². The van der Waals surface area contributed by atoms with Crippen molar-refractivity contribution >= 4 is 28.5 Å². The number of hydrogen-bond donors (Lipinski definition) is 0. The maximum Gasteiger partial charge on any atom is 0.338 e. The Bertz CT molecular complexity index is 1110. The van der Waals surface area contributed by atoms with Gasteiger partial charge in [-0.2, -0.15) is 0 Å². The first-order valence-electron chi connectivity index (χ1n) is 11.7. The predicted molar refractivity (Wildman–Crippen MR) is 138 cm³/mol. The Labute approximate surface area is 213 Å². The maximum atomic E-state index is 12.8. The molecule has 3 rings (SSSR count). The van der Waals surface area contributed by atoms with Gasteiger partial charge >= 0.3 is 11.9 Å². The lowest BCUT2D eigenvalue weighted by Crippen LogP contribution is -2.37. The smallest absolute Gasteiger partial charge is 0.338 e. The van der Waals surface area contributed by atoms with E-state index < -0.39 is 46.8 Å². The van der Waals surface area contributed by atoms with Crippen molar-refractivity contribution in [2.24, 2.45) is 5.92 Å². The van der Waals surface area contributed by atoms with E-state index in [1.807, 2.05) is 6.92 Å². The molecule has 0 aromatic heterocycles.